The fourth-order valence-corrected chi connectivity index (χ4v) is 4.27. The lowest BCUT2D eigenvalue weighted by Gasteiger charge is -2.12. The summed E-state index contributed by atoms with van der Waals surface area (Å²) in [6.45, 7) is 2.60. The van der Waals surface area contributed by atoms with Crippen LogP contribution in [0.1, 0.15) is 6.92 Å². The van der Waals surface area contributed by atoms with E-state index in [2.05, 4.69) is 10.3 Å². The van der Waals surface area contributed by atoms with E-state index in [4.69, 9.17) is 4.74 Å². The predicted octanol–water partition coefficient (Wildman–Crippen LogP) is 4.49. The first kappa shape index (κ1) is 18.5. The number of carbonyl (C=O) groups excluding carboxylic acids is 1. The maximum absolute atomic E-state index is 12.2. The number of nitrogens with zero attached hydrogens (tertiary/aromatic N) is 2. The van der Waals surface area contributed by atoms with E-state index < -0.39 is 0 Å². The largest absolute Gasteiger partial charge is 0.494 e. The lowest BCUT2D eigenvalue weighted by molar-refractivity contribution is -0.113. The van der Waals surface area contributed by atoms with Gasteiger partial charge in [0.25, 0.3) is 0 Å². The van der Waals surface area contributed by atoms with Gasteiger partial charge in [-0.15, -0.1) is 11.3 Å². The Bertz CT molecular complexity index is 891. The molecule has 0 saturated heterocycles. The number of hydrogen-bond donors (Lipinski definition) is 1. The summed E-state index contributed by atoms with van der Waals surface area (Å²) in [5.41, 5.74) is 2.82. The summed E-state index contributed by atoms with van der Waals surface area (Å²) in [6.07, 6.45) is 0. The van der Waals surface area contributed by atoms with Crippen LogP contribution in [-0.4, -0.2) is 37.3 Å². The fraction of sp³-hybridized carbons (Fsp3) is 0.263. The molecule has 0 saturated carbocycles. The zero-order chi connectivity index (χ0) is 18.5. The summed E-state index contributed by atoms with van der Waals surface area (Å²) in [6, 6.07) is 13.6. The molecule has 0 bridgehead atoms. The number of carbonyl (C=O) groups is 1. The van der Waals surface area contributed by atoms with Gasteiger partial charge in [-0.05, 0) is 49.4 Å². The number of fused-ring (bicyclic) bond motifs is 1. The normalized spacial score (nSPS) is 10.7. The molecule has 0 aliphatic carbocycles. The standard InChI is InChI=1S/C19H21N3O2S2/c1-4-24-15-9-10-16-17(11-15)26-19(21-16)25-12-18(23)20-13-5-7-14(8-6-13)22(2)3/h5-11H,4,12H2,1-3H3,(H,20,23). The number of hydrogen-bond acceptors (Lipinski definition) is 6. The lowest BCUT2D eigenvalue weighted by atomic mass is 10.2. The van der Waals surface area contributed by atoms with Crippen LogP contribution in [-0.2, 0) is 4.79 Å². The maximum atomic E-state index is 12.2. The first-order chi connectivity index (χ1) is 12.5. The number of thioether (sulfide) groups is 1. The van der Waals surface area contributed by atoms with Crippen LogP contribution in [0.15, 0.2) is 46.8 Å². The van der Waals surface area contributed by atoms with Crippen LogP contribution < -0.4 is 15.0 Å². The van der Waals surface area contributed by atoms with Gasteiger partial charge in [0.15, 0.2) is 4.34 Å². The Morgan fingerprint density at radius 2 is 2.00 bits per heavy atom. The number of thiazole rings is 1. The van der Waals surface area contributed by atoms with Crippen LogP contribution in [0.5, 0.6) is 5.75 Å². The zero-order valence-electron chi connectivity index (χ0n) is 15.0. The number of ether oxygens (including phenoxy) is 1. The van der Waals surface area contributed by atoms with E-state index in [1.54, 1.807) is 11.3 Å². The van der Waals surface area contributed by atoms with Gasteiger partial charge in [0.1, 0.15) is 5.75 Å². The quantitative estimate of drug-likeness (QED) is 0.605. The molecule has 1 amide bonds. The van der Waals surface area contributed by atoms with Crippen molar-refractivity contribution in [2.45, 2.75) is 11.3 Å². The molecule has 1 heterocycles. The monoisotopic (exact) mass is 387 g/mol. The molecule has 3 aromatic rings. The van der Waals surface area contributed by atoms with Gasteiger partial charge in [0.2, 0.25) is 5.91 Å². The summed E-state index contributed by atoms with van der Waals surface area (Å²) in [5, 5.41) is 2.92. The molecule has 2 aromatic carbocycles. The van der Waals surface area contributed by atoms with Gasteiger partial charge in [-0.2, -0.15) is 0 Å². The fourth-order valence-electron chi connectivity index (χ4n) is 2.37. The van der Waals surface area contributed by atoms with Crippen molar-refractivity contribution in [3.63, 3.8) is 0 Å². The van der Waals surface area contributed by atoms with E-state index in [1.165, 1.54) is 11.8 Å². The van der Waals surface area contributed by atoms with E-state index in [-0.39, 0.29) is 5.91 Å². The number of anilines is 2. The highest BCUT2D eigenvalue weighted by Crippen LogP contribution is 2.32. The molecular formula is C19H21N3O2S2. The number of benzene rings is 2. The third kappa shape index (κ3) is 4.68. The Morgan fingerprint density at radius 1 is 1.23 bits per heavy atom. The van der Waals surface area contributed by atoms with Crippen molar-refractivity contribution in [2.75, 3.05) is 36.7 Å². The Balaban J connectivity index is 1.57. The van der Waals surface area contributed by atoms with Crippen molar-refractivity contribution in [1.82, 2.24) is 4.98 Å². The molecule has 0 spiro atoms. The van der Waals surface area contributed by atoms with Crippen molar-refractivity contribution in [2.24, 2.45) is 0 Å². The molecule has 0 aliphatic rings. The van der Waals surface area contributed by atoms with Gasteiger partial charge >= 0.3 is 0 Å². The average molecular weight is 388 g/mol. The molecule has 136 valence electrons. The molecule has 0 atom stereocenters. The summed E-state index contributed by atoms with van der Waals surface area (Å²) in [4.78, 5) is 18.8. The van der Waals surface area contributed by atoms with Crippen molar-refractivity contribution in [1.29, 1.82) is 0 Å². The second-order valence-electron chi connectivity index (χ2n) is 5.82. The van der Waals surface area contributed by atoms with Crippen LogP contribution in [0.3, 0.4) is 0 Å². The van der Waals surface area contributed by atoms with E-state index in [9.17, 15) is 4.79 Å². The van der Waals surface area contributed by atoms with Crippen LogP contribution in [0.2, 0.25) is 0 Å². The van der Waals surface area contributed by atoms with Crippen molar-refractivity contribution in [3.05, 3.63) is 42.5 Å². The Kier molecular flexibility index (Phi) is 6.00. The summed E-state index contributed by atoms with van der Waals surface area (Å²) in [7, 11) is 3.97. The highest BCUT2D eigenvalue weighted by atomic mass is 32.2. The molecule has 0 aliphatic heterocycles. The van der Waals surface area contributed by atoms with Gasteiger partial charge in [-0.25, -0.2) is 4.98 Å². The third-order valence-electron chi connectivity index (χ3n) is 3.65. The number of amides is 1. The molecule has 0 radical (unpaired) electrons. The average Bonchev–Trinajstić information content (AvgIpc) is 3.03. The first-order valence-corrected chi connectivity index (χ1v) is 10.1. The molecule has 0 unspecified atom stereocenters. The van der Waals surface area contributed by atoms with Gasteiger partial charge in [0.05, 0.1) is 22.6 Å². The van der Waals surface area contributed by atoms with Crippen molar-refractivity contribution in [3.8, 4) is 5.75 Å². The zero-order valence-corrected chi connectivity index (χ0v) is 16.6. The molecule has 3 rings (SSSR count). The molecule has 5 nitrogen and oxygen atoms in total. The van der Waals surface area contributed by atoms with E-state index >= 15 is 0 Å². The molecule has 26 heavy (non-hydrogen) atoms. The van der Waals surface area contributed by atoms with Crippen LogP contribution in [0, 0.1) is 0 Å². The second-order valence-corrected chi connectivity index (χ2v) is 8.07. The number of nitrogens with one attached hydrogen (secondary N) is 1. The molecule has 1 aromatic heterocycles. The van der Waals surface area contributed by atoms with Crippen LogP contribution in [0.4, 0.5) is 11.4 Å². The number of rotatable bonds is 7. The molecular weight excluding hydrogens is 366 g/mol. The maximum Gasteiger partial charge on any atom is 0.234 e. The Morgan fingerprint density at radius 3 is 2.69 bits per heavy atom. The third-order valence-corrected chi connectivity index (χ3v) is 5.81. The lowest BCUT2D eigenvalue weighted by Crippen LogP contribution is -2.14. The van der Waals surface area contributed by atoms with Gasteiger partial charge in [-0.1, -0.05) is 11.8 Å². The smallest absolute Gasteiger partial charge is 0.234 e. The van der Waals surface area contributed by atoms with E-state index in [1.807, 2.05) is 68.4 Å². The van der Waals surface area contributed by atoms with Crippen LogP contribution in [0.25, 0.3) is 10.2 Å². The molecule has 0 fully saturated rings. The Labute approximate surface area is 161 Å². The van der Waals surface area contributed by atoms with Gasteiger partial charge < -0.3 is 15.0 Å². The van der Waals surface area contributed by atoms with E-state index in [0.29, 0.717) is 12.4 Å². The minimum atomic E-state index is -0.0399. The first-order valence-electron chi connectivity index (χ1n) is 8.28. The highest BCUT2D eigenvalue weighted by molar-refractivity contribution is 8.01. The number of aromatic nitrogens is 1. The highest BCUT2D eigenvalue weighted by Gasteiger charge is 2.09. The van der Waals surface area contributed by atoms with E-state index in [0.717, 1.165) is 31.7 Å². The van der Waals surface area contributed by atoms with Crippen molar-refractivity contribution >= 4 is 50.6 Å². The predicted molar refractivity (Wildman–Crippen MR) is 111 cm³/mol. The summed E-state index contributed by atoms with van der Waals surface area (Å²) in [5.74, 6) is 1.13. The summed E-state index contributed by atoms with van der Waals surface area (Å²) < 4.78 is 7.46. The second kappa shape index (κ2) is 8.42. The SMILES string of the molecule is CCOc1ccc2nc(SCC(=O)Nc3ccc(N(C)C)cc3)sc2c1. The Hall–Kier alpha value is -2.25. The van der Waals surface area contributed by atoms with Crippen molar-refractivity contribution < 1.29 is 9.53 Å². The minimum absolute atomic E-state index is 0.0399. The summed E-state index contributed by atoms with van der Waals surface area (Å²) >= 11 is 3.02. The molecule has 7 heteroatoms. The van der Waals surface area contributed by atoms with Gasteiger partial charge in [-0.3, -0.25) is 4.79 Å². The van der Waals surface area contributed by atoms with Crippen LogP contribution >= 0.6 is 23.1 Å². The topological polar surface area (TPSA) is 54.5 Å². The minimum Gasteiger partial charge on any atom is -0.494 e. The molecule has 1 N–H and O–H groups in total. The van der Waals surface area contributed by atoms with Gasteiger partial charge in [0, 0.05) is 25.5 Å².